The predicted molar refractivity (Wildman–Crippen MR) is 70.2 cm³/mol. The molecule has 1 aromatic heterocycles. The van der Waals surface area contributed by atoms with Gasteiger partial charge in [-0.25, -0.2) is 4.68 Å². The van der Waals surface area contributed by atoms with Gasteiger partial charge in [0, 0.05) is 25.6 Å². The van der Waals surface area contributed by atoms with Gasteiger partial charge in [0.15, 0.2) is 0 Å². The molecular weight excluding hydrogens is 230 g/mol. The van der Waals surface area contributed by atoms with E-state index < -0.39 is 0 Å². The Bertz CT molecular complexity index is 395. The largest absolute Gasteiger partial charge is 0.330 e. The maximum Gasteiger partial charge on any atom is 0.225 e. The van der Waals surface area contributed by atoms with E-state index in [4.69, 9.17) is 5.73 Å². The van der Waals surface area contributed by atoms with E-state index in [2.05, 4.69) is 22.7 Å². The quantitative estimate of drug-likeness (QED) is 0.680. The van der Waals surface area contributed by atoms with Crippen molar-refractivity contribution in [3.8, 4) is 0 Å². The van der Waals surface area contributed by atoms with Crippen LogP contribution in [0.3, 0.4) is 0 Å². The Morgan fingerprint density at radius 3 is 3.06 bits per heavy atom. The van der Waals surface area contributed by atoms with Crippen LogP contribution in [0.1, 0.15) is 25.8 Å². The summed E-state index contributed by atoms with van der Waals surface area (Å²) in [7, 11) is 0. The van der Waals surface area contributed by atoms with Crippen LogP contribution in [0.5, 0.6) is 0 Å². The number of hydrogen-bond acceptors (Lipinski definition) is 4. The zero-order chi connectivity index (χ0) is 13.0. The second-order valence-corrected chi connectivity index (χ2v) is 4.74. The SMILES string of the molecule is CCC(CN)CC(=O)Nc1ccnn1C1CNC1. The normalized spacial score (nSPS) is 17.2. The number of carbonyl (C=O) groups excluding carboxylic acids is 1. The molecule has 1 saturated heterocycles. The highest BCUT2D eigenvalue weighted by atomic mass is 16.1. The van der Waals surface area contributed by atoms with E-state index in [-0.39, 0.29) is 11.8 Å². The molecule has 4 N–H and O–H groups in total. The summed E-state index contributed by atoms with van der Waals surface area (Å²) < 4.78 is 1.87. The van der Waals surface area contributed by atoms with Crippen LogP contribution < -0.4 is 16.4 Å². The maximum absolute atomic E-state index is 11.9. The molecule has 0 aromatic carbocycles. The van der Waals surface area contributed by atoms with Gasteiger partial charge in [-0.05, 0) is 12.5 Å². The Balaban J connectivity index is 1.92. The molecule has 1 aliphatic heterocycles. The first-order valence-corrected chi connectivity index (χ1v) is 6.48. The van der Waals surface area contributed by atoms with Crippen LogP contribution in [0.25, 0.3) is 0 Å². The number of hydrogen-bond donors (Lipinski definition) is 3. The van der Waals surface area contributed by atoms with Gasteiger partial charge >= 0.3 is 0 Å². The molecule has 6 nitrogen and oxygen atoms in total. The number of aromatic nitrogens is 2. The molecule has 1 aromatic rings. The van der Waals surface area contributed by atoms with Crippen molar-refractivity contribution in [2.45, 2.75) is 25.8 Å². The zero-order valence-corrected chi connectivity index (χ0v) is 10.7. The van der Waals surface area contributed by atoms with Gasteiger partial charge in [-0.3, -0.25) is 4.79 Å². The fourth-order valence-electron chi connectivity index (χ4n) is 2.00. The van der Waals surface area contributed by atoms with E-state index in [0.29, 0.717) is 19.0 Å². The fourth-order valence-corrected chi connectivity index (χ4v) is 2.00. The molecule has 6 heteroatoms. The van der Waals surface area contributed by atoms with Gasteiger partial charge in [0.1, 0.15) is 5.82 Å². The molecule has 0 spiro atoms. The second-order valence-electron chi connectivity index (χ2n) is 4.74. The van der Waals surface area contributed by atoms with E-state index in [1.165, 1.54) is 0 Å². The minimum Gasteiger partial charge on any atom is -0.330 e. The van der Waals surface area contributed by atoms with Gasteiger partial charge in [-0.2, -0.15) is 5.10 Å². The predicted octanol–water partition coefficient (Wildman–Crippen LogP) is 0.341. The molecule has 1 unspecified atom stereocenters. The van der Waals surface area contributed by atoms with Crippen LogP contribution in [-0.4, -0.2) is 35.3 Å². The summed E-state index contributed by atoms with van der Waals surface area (Å²) in [6.45, 7) is 4.42. The number of nitrogens with two attached hydrogens (primary N) is 1. The average molecular weight is 251 g/mol. The standard InChI is InChI=1S/C12H21N5O/c1-2-9(6-13)5-12(18)16-11-3-4-15-17(11)10-7-14-8-10/h3-4,9-10,14H,2,5-8,13H2,1H3,(H,16,18). The summed E-state index contributed by atoms with van der Waals surface area (Å²) in [4.78, 5) is 11.9. The third-order valence-corrected chi connectivity index (χ3v) is 3.43. The Labute approximate surface area is 107 Å². The lowest BCUT2D eigenvalue weighted by Crippen LogP contribution is -2.44. The highest BCUT2D eigenvalue weighted by Crippen LogP contribution is 2.18. The summed E-state index contributed by atoms with van der Waals surface area (Å²) in [5, 5.41) is 10.4. The van der Waals surface area contributed by atoms with Gasteiger partial charge in [-0.1, -0.05) is 13.3 Å². The second kappa shape index (κ2) is 5.97. The Morgan fingerprint density at radius 2 is 2.50 bits per heavy atom. The fraction of sp³-hybridized carbons (Fsp3) is 0.667. The van der Waals surface area contributed by atoms with Crippen molar-refractivity contribution in [1.82, 2.24) is 15.1 Å². The molecule has 0 radical (unpaired) electrons. The van der Waals surface area contributed by atoms with Gasteiger partial charge in [0.2, 0.25) is 5.91 Å². The van der Waals surface area contributed by atoms with Crippen molar-refractivity contribution in [3.05, 3.63) is 12.3 Å². The number of nitrogens with one attached hydrogen (secondary N) is 2. The number of nitrogens with zero attached hydrogens (tertiary/aromatic N) is 2. The number of rotatable bonds is 6. The highest BCUT2D eigenvalue weighted by molar-refractivity contribution is 5.90. The van der Waals surface area contributed by atoms with Crippen LogP contribution in [0.15, 0.2) is 12.3 Å². The number of anilines is 1. The van der Waals surface area contributed by atoms with Crippen molar-refractivity contribution >= 4 is 11.7 Å². The molecule has 1 atom stereocenters. The van der Waals surface area contributed by atoms with Crippen LogP contribution in [-0.2, 0) is 4.79 Å². The van der Waals surface area contributed by atoms with Crippen molar-refractivity contribution in [2.24, 2.45) is 11.7 Å². The molecule has 100 valence electrons. The van der Waals surface area contributed by atoms with Crippen LogP contribution >= 0.6 is 0 Å². The summed E-state index contributed by atoms with van der Waals surface area (Å²) >= 11 is 0. The Morgan fingerprint density at radius 1 is 1.72 bits per heavy atom. The van der Waals surface area contributed by atoms with Gasteiger partial charge < -0.3 is 16.4 Å². The topological polar surface area (TPSA) is 85.0 Å². The molecule has 0 aliphatic carbocycles. The van der Waals surface area contributed by atoms with Crippen molar-refractivity contribution in [1.29, 1.82) is 0 Å². The van der Waals surface area contributed by atoms with Crippen LogP contribution in [0, 0.1) is 5.92 Å². The minimum atomic E-state index is 0.0151. The van der Waals surface area contributed by atoms with E-state index in [1.807, 2.05) is 10.7 Å². The molecule has 1 amide bonds. The zero-order valence-electron chi connectivity index (χ0n) is 10.7. The molecular formula is C12H21N5O. The summed E-state index contributed by atoms with van der Waals surface area (Å²) in [5.41, 5.74) is 5.61. The van der Waals surface area contributed by atoms with Crippen molar-refractivity contribution < 1.29 is 4.79 Å². The smallest absolute Gasteiger partial charge is 0.225 e. The summed E-state index contributed by atoms with van der Waals surface area (Å²) in [6, 6.07) is 2.19. The first kappa shape index (κ1) is 13.0. The van der Waals surface area contributed by atoms with Gasteiger partial charge in [0.05, 0.1) is 12.2 Å². The van der Waals surface area contributed by atoms with E-state index in [9.17, 15) is 4.79 Å². The molecule has 1 fully saturated rings. The third kappa shape index (κ3) is 2.88. The molecule has 18 heavy (non-hydrogen) atoms. The number of amides is 1. The first-order valence-electron chi connectivity index (χ1n) is 6.48. The Hall–Kier alpha value is -1.40. The monoisotopic (exact) mass is 251 g/mol. The van der Waals surface area contributed by atoms with Gasteiger partial charge in [0.25, 0.3) is 0 Å². The van der Waals surface area contributed by atoms with Crippen LogP contribution in [0.2, 0.25) is 0 Å². The third-order valence-electron chi connectivity index (χ3n) is 3.43. The molecule has 0 saturated carbocycles. The van der Waals surface area contributed by atoms with Crippen LogP contribution in [0.4, 0.5) is 5.82 Å². The summed E-state index contributed by atoms with van der Waals surface area (Å²) in [5.74, 6) is 1.05. The van der Waals surface area contributed by atoms with E-state index in [1.54, 1.807) is 6.20 Å². The molecule has 2 rings (SSSR count). The summed E-state index contributed by atoms with van der Waals surface area (Å²) in [6.07, 6.45) is 3.12. The van der Waals surface area contributed by atoms with E-state index in [0.717, 1.165) is 25.3 Å². The number of carbonyl (C=O) groups is 1. The lowest BCUT2D eigenvalue weighted by atomic mass is 10.0. The van der Waals surface area contributed by atoms with Gasteiger partial charge in [-0.15, -0.1) is 0 Å². The highest BCUT2D eigenvalue weighted by Gasteiger charge is 2.22. The van der Waals surface area contributed by atoms with Crippen molar-refractivity contribution in [3.63, 3.8) is 0 Å². The average Bonchev–Trinajstić information content (AvgIpc) is 2.72. The maximum atomic E-state index is 11.9. The first-order chi connectivity index (χ1) is 8.74. The lowest BCUT2D eigenvalue weighted by Gasteiger charge is -2.28. The molecule has 2 heterocycles. The molecule has 1 aliphatic rings. The Kier molecular flexibility index (Phi) is 4.33. The van der Waals surface area contributed by atoms with E-state index >= 15 is 0 Å². The van der Waals surface area contributed by atoms with Crippen molar-refractivity contribution in [2.75, 3.05) is 25.0 Å². The lowest BCUT2D eigenvalue weighted by molar-refractivity contribution is -0.117. The minimum absolute atomic E-state index is 0.0151. The molecule has 0 bridgehead atoms.